The monoisotopic (exact) mass is 170 g/mol. The standard InChI is InChI=1S/C8H10O2.CH4O/c1-9-7-5-3-4-6-8(7)10-2;1-2/h3-6H,1-2H3;2H,1H3. The molecule has 0 amide bonds. The molecule has 0 unspecified atom stereocenters. The summed E-state index contributed by atoms with van der Waals surface area (Å²) in [7, 11) is 4.25. The van der Waals surface area contributed by atoms with Gasteiger partial charge in [-0.2, -0.15) is 0 Å². The molecule has 1 N–H and O–H groups in total. The fourth-order valence-corrected chi connectivity index (χ4v) is 0.787. The first-order valence-electron chi connectivity index (χ1n) is 3.50. The lowest BCUT2D eigenvalue weighted by atomic mass is 10.3. The molecule has 0 aliphatic heterocycles. The molecular formula is C9H14O3. The predicted octanol–water partition coefficient (Wildman–Crippen LogP) is 1.31. The molecule has 12 heavy (non-hydrogen) atoms. The number of hydrogen-bond acceptors (Lipinski definition) is 3. The van der Waals surface area contributed by atoms with E-state index < -0.39 is 0 Å². The second kappa shape index (κ2) is 6.49. The molecule has 0 radical (unpaired) electrons. The van der Waals surface area contributed by atoms with Gasteiger partial charge in [-0.05, 0) is 12.1 Å². The van der Waals surface area contributed by atoms with Gasteiger partial charge in [0, 0.05) is 7.11 Å². The Hall–Kier alpha value is -1.22. The highest BCUT2D eigenvalue weighted by Crippen LogP contribution is 2.24. The second-order valence-electron chi connectivity index (χ2n) is 1.85. The van der Waals surface area contributed by atoms with Gasteiger partial charge >= 0.3 is 0 Å². The Bertz CT molecular complexity index is 188. The van der Waals surface area contributed by atoms with Gasteiger partial charge in [0.25, 0.3) is 0 Å². The van der Waals surface area contributed by atoms with Gasteiger partial charge in [0.2, 0.25) is 0 Å². The first-order chi connectivity index (χ1) is 5.88. The zero-order valence-electron chi connectivity index (χ0n) is 7.57. The number of methoxy groups -OCH3 is 2. The van der Waals surface area contributed by atoms with Crippen molar-refractivity contribution in [1.82, 2.24) is 0 Å². The summed E-state index contributed by atoms with van der Waals surface area (Å²) in [5.74, 6) is 1.54. The number of ether oxygens (including phenoxy) is 2. The largest absolute Gasteiger partial charge is 0.493 e. The van der Waals surface area contributed by atoms with E-state index in [-0.39, 0.29) is 0 Å². The summed E-state index contributed by atoms with van der Waals surface area (Å²) in [6, 6.07) is 7.53. The highest BCUT2D eigenvalue weighted by molar-refractivity contribution is 5.38. The minimum absolute atomic E-state index is 0.769. The molecule has 0 aliphatic carbocycles. The molecule has 1 aromatic carbocycles. The average molecular weight is 170 g/mol. The average Bonchev–Trinajstić information content (AvgIpc) is 2.20. The van der Waals surface area contributed by atoms with E-state index in [0.717, 1.165) is 18.6 Å². The summed E-state index contributed by atoms with van der Waals surface area (Å²) in [4.78, 5) is 0. The highest BCUT2D eigenvalue weighted by atomic mass is 16.5. The van der Waals surface area contributed by atoms with Crippen LogP contribution in [0.1, 0.15) is 0 Å². The first-order valence-corrected chi connectivity index (χ1v) is 3.50. The molecule has 1 aromatic rings. The molecule has 0 heterocycles. The van der Waals surface area contributed by atoms with Crippen LogP contribution in [0.3, 0.4) is 0 Å². The van der Waals surface area contributed by atoms with Crippen LogP contribution in [-0.4, -0.2) is 26.4 Å². The number of benzene rings is 1. The molecule has 3 heteroatoms. The Morgan fingerprint density at radius 3 is 1.50 bits per heavy atom. The van der Waals surface area contributed by atoms with Crippen molar-refractivity contribution in [3.8, 4) is 11.5 Å². The summed E-state index contributed by atoms with van der Waals surface area (Å²) in [6.45, 7) is 0. The van der Waals surface area contributed by atoms with E-state index in [9.17, 15) is 0 Å². The quantitative estimate of drug-likeness (QED) is 0.727. The summed E-state index contributed by atoms with van der Waals surface area (Å²) in [6.07, 6.45) is 0. The topological polar surface area (TPSA) is 38.7 Å². The Labute approximate surface area is 72.6 Å². The van der Waals surface area contributed by atoms with Crippen LogP contribution in [0.5, 0.6) is 11.5 Å². The van der Waals surface area contributed by atoms with Crippen molar-refractivity contribution in [2.24, 2.45) is 0 Å². The summed E-state index contributed by atoms with van der Waals surface area (Å²) in [5, 5.41) is 7.00. The van der Waals surface area contributed by atoms with Gasteiger partial charge < -0.3 is 14.6 Å². The maximum absolute atomic E-state index is 7.00. The third-order valence-electron chi connectivity index (χ3n) is 1.29. The molecule has 0 aromatic heterocycles. The minimum atomic E-state index is 0.769. The number of para-hydroxylation sites is 2. The van der Waals surface area contributed by atoms with E-state index in [1.165, 1.54) is 0 Å². The lowest BCUT2D eigenvalue weighted by molar-refractivity contribution is 0.355. The van der Waals surface area contributed by atoms with E-state index in [1.807, 2.05) is 24.3 Å². The Balaban J connectivity index is 0.000000561. The van der Waals surface area contributed by atoms with Crippen molar-refractivity contribution >= 4 is 0 Å². The molecule has 1 rings (SSSR count). The molecule has 68 valence electrons. The molecule has 3 nitrogen and oxygen atoms in total. The predicted molar refractivity (Wildman–Crippen MR) is 47.7 cm³/mol. The van der Waals surface area contributed by atoms with Gasteiger partial charge in [0.05, 0.1) is 14.2 Å². The van der Waals surface area contributed by atoms with E-state index in [2.05, 4.69) is 0 Å². The van der Waals surface area contributed by atoms with Crippen molar-refractivity contribution < 1.29 is 14.6 Å². The summed E-state index contributed by atoms with van der Waals surface area (Å²) < 4.78 is 10.0. The van der Waals surface area contributed by atoms with Gasteiger partial charge in [-0.1, -0.05) is 12.1 Å². The van der Waals surface area contributed by atoms with E-state index >= 15 is 0 Å². The van der Waals surface area contributed by atoms with Gasteiger partial charge in [-0.3, -0.25) is 0 Å². The lowest BCUT2D eigenvalue weighted by Crippen LogP contribution is -1.88. The van der Waals surface area contributed by atoms with Crippen LogP contribution in [-0.2, 0) is 0 Å². The second-order valence-corrected chi connectivity index (χ2v) is 1.85. The number of rotatable bonds is 2. The molecule has 0 spiro atoms. The van der Waals surface area contributed by atoms with Crippen molar-refractivity contribution in [1.29, 1.82) is 0 Å². The third-order valence-corrected chi connectivity index (χ3v) is 1.29. The van der Waals surface area contributed by atoms with Crippen LogP contribution in [0.4, 0.5) is 0 Å². The summed E-state index contributed by atoms with van der Waals surface area (Å²) >= 11 is 0. The van der Waals surface area contributed by atoms with E-state index in [1.54, 1.807) is 14.2 Å². The van der Waals surface area contributed by atoms with Gasteiger partial charge in [0.15, 0.2) is 11.5 Å². The molecular weight excluding hydrogens is 156 g/mol. The fourth-order valence-electron chi connectivity index (χ4n) is 0.787. The third kappa shape index (κ3) is 2.80. The van der Waals surface area contributed by atoms with Crippen LogP contribution >= 0.6 is 0 Å². The zero-order valence-corrected chi connectivity index (χ0v) is 7.57. The minimum Gasteiger partial charge on any atom is -0.493 e. The smallest absolute Gasteiger partial charge is 0.160 e. The van der Waals surface area contributed by atoms with Crippen molar-refractivity contribution in [3.05, 3.63) is 24.3 Å². The first kappa shape index (κ1) is 10.8. The van der Waals surface area contributed by atoms with Crippen molar-refractivity contribution in [2.45, 2.75) is 0 Å². The maximum atomic E-state index is 7.00. The zero-order chi connectivity index (χ0) is 9.40. The molecule has 0 atom stereocenters. The van der Waals surface area contributed by atoms with Crippen LogP contribution in [0.25, 0.3) is 0 Å². The van der Waals surface area contributed by atoms with Gasteiger partial charge in [0.1, 0.15) is 0 Å². The van der Waals surface area contributed by atoms with Gasteiger partial charge in [-0.25, -0.2) is 0 Å². The van der Waals surface area contributed by atoms with Crippen LogP contribution in [0.15, 0.2) is 24.3 Å². The number of aliphatic hydroxyl groups is 1. The number of aliphatic hydroxyl groups excluding tert-OH is 1. The Morgan fingerprint density at radius 1 is 0.917 bits per heavy atom. The van der Waals surface area contributed by atoms with E-state index in [4.69, 9.17) is 14.6 Å². The normalized spacial score (nSPS) is 8.00. The molecule has 0 bridgehead atoms. The maximum Gasteiger partial charge on any atom is 0.160 e. The highest BCUT2D eigenvalue weighted by Gasteiger charge is 1.97. The molecule has 0 aliphatic rings. The van der Waals surface area contributed by atoms with Crippen LogP contribution < -0.4 is 9.47 Å². The van der Waals surface area contributed by atoms with E-state index in [0.29, 0.717) is 0 Å². The van der Waals surface area contributed by atoms with Crippen molar-refractivity contribution in [3.63, 3.8) is 0 Å². The van der Waals surface area contributed by atoms with Crippen LogP contribution in [0.2, 0.25) is 0 Å². The Morgan fingerprint density at radius 2 is 1.25 bits per heavy atom. The van der Waals surface area contributed by atoms with Crippen molar-refractivity contribution in [2.75, 3.05) is 21.3 Å². The summed E-state index contributed by atoms with van der Waals surface area (Å²) in [5.41, 5.74) is 0. The lowest BCUT2D eigenvalue weighted by Gasteiger charge is -2.04. The molecule has 0 saturated heterocycles. The van der Waals surface area contributed by atoms with Gasteiger partial charge in [-0.15, -0.1) is 0 Å². The van der Waals surface area contributed by atoms with Crippen LogP contribution in [0, 0.1) is 0 Å². The number of hydrogen-bond donors (Lipinski definition) is 1. The Kier molecular flexibility index (Phi) is 5.83. The molecule has 0 saturated carbocycles. The fraction of sp³-hybridized carbons (Fsp3) is 0.333. The molecule has 0 fully saturated rings. The SMILES string of the molecule is CO.COc1ccccc1OC.